The van der Waals surface area contributed by atoms with Crippen molar-refractivity contribution in [1.82, 2.24) is 9.36 Å². The molecular formula is C13H14FN3O2S. The van der Waals surface area contributed by atoms with Crippen LogP contribution in [0.5, 0.6) is 5.75 Å². The number of ether oxygens (including phenoxy) is 1. The van der Waals surface area contributed by atoms with Gasteiger partial charge in [0.05, 0.1) is 0 Å². The molecule has 0 spiro atoms. The number of benzene rings is 1. The van der Waals surface area contributed by atoms with Crippen LogP contribution in [0, 0.1) is 12.7 Å². The lowest BCUT2D eigenvalue weighted by atomic mass is 10.2. The molecule has 0 unspecified atom stereocenters. The summed E-state index contributed by atoms with van der Waals surface area (Å²) in [6.07, 6.45) is -0.367. The number of nitrogens with zero attached hydrogens (tertiary/aromatic N) is 2. The summed E-state index contributed by atoms with van der Waals surface area (Å²) in [5.41, 5.74) is 0. The first-order chi connectivity index (χ1) is 9.60. The van der Waals surface area contributed by atoms with Crippen LogP contribution < -0.4 is 10.1 Å². The van der Waals surface area contributed by atoms with E-state index >= 15 is 0 Å². The van der Waals surface area contributed by atoms with E-state index in [1.54, 1.807) is 26.0 Å². The Morgan fingerprint density at radius 3 is 2.85 bits per heavy atom. The SMILES string of the molecule is CC[C@H](Oc1ccccc1F)C(=O)Nc1nc(C)ns1. The van der Waals surface area contributed by atoms with Crippen molar-refractivity contribution in [3.63, 3.8) is 0 Å². The van der Waals surface area contributed by atoms with Gasteiger partial charge in [-0.05, 0) is 25.5 Å². The molecule has 0 aliphatic carbocycles. The number of anilines is 1. The van der Waals surface area contributed by atoms with Crippen LogP contribution >= 0.6 is 11.5 Å². The maximum atomic E-state index is 13.5. The Bertz CT molecular complexity index is 603. The molecule has 2 aromatic rings. The van der Waals surface area contributed by atoms with Gasteiger partial charge in [0.15, 0.2) is 17.7 Å². The average Bonchev–Trinajstić information content (AvgIpc) is 2.83. The molecule has 1 N–H and O–H groups in total. The van der Waals surface area contributed by atoms with Gasteiger partial charge in [-0.2, -0.15) is 4.37 Å². The average molecular weight is 295 g/mol. The second-order valence-corrected chi connectivity index (χ2v) is 4.83. The highest BCUT2D eigenvalue weighted by Gasteiger charge is 2.21. The van der Waals surface area contributed by atoms with Crippen LogP contribution in [0.3, 0.4) is 0 Å². The smallest absolute Gasteiger partial charge is 0.267 e. The fraction of sp³-hybridized carbons (Fsp3) is 0.308. The van der Waals surface area contributed by atoms with Crippen LogP contribution in [-0.2, 0) is 4.79 Å². The molecule has 1 amide bonds. The summed E-state index contributed by atoms with van der Waals surface area (Å²) in [6.45, 7) is 3.52. The number of carbonyl (C=O) groups excluding carboxylic acids is 1. The number of aryl methyl sites for hydroxylation is 1. The number of carbonyl (C=O) groups is 1. The van der Waals surface area contributed by atoms with E-state index in [0.29, 0.717) is 17.4 Å². The third-order valence-corrected chi connectivity index (χ3v) is 3.25. The highest BCUT2D eigenvalue weighted by Crippen LogP contribution is 2.19. The number of amides is 1. The number of rotatable bonds is 5. The van der Waals surface area contributed by atoms with Gasteiger partial charge in [0.2, 0.25) is 5.13 Å². The van der Waals surface area contributed by atoms with Crippen molar-refractivity contribution in [2.45, 2.75) is 26.4 Å². The van der Waals surface area contributed by atoms with Crippen LogP contribution in [0.2, 0.25) is 0 Å². The molecule has 0 aliphatic rings. The molecule has 7 heteroatoms. The number of halogens is 1. The van der Waals surface area contributed by atoms with Crippen LogP contribution in [0.4, 0.5) is 9.52 Å². The number of nitrogens with one attached hydrogen (secondary N) is 1. The van der Waals surface area contributed by atoms with Crippen molar-refractivity contribution in [2.24, 2.45) is 0 Å². The van der Waals surface area contributed by atoms with Gasteiger partial charge in [0.25, 0.3) is 5.91 Å². The lowest BCUT2D eigenvalue weighted by Gasteiger charge is -2.16. The van der Waals surface area contributed by atoms with E-state index in [9.17, 15) is 9.18 Å². The van der Waals surface area contributed by atoms with Crippen molar-refractivity contribution in [1.29, 1.82) is 0 Å². The second-order valence-electron chi connectivity index (χ2n) is 4.08. The monoisotopic (exact) mass is 295 g/mol. The fourth-order valence-electron chi connectivity index (χ4n) is 1.55. The van der Waals surface area contributed by atoms with Crippen molar-refractivity contribution >= 4 is 22.6 Å². The lowest BCUT2D eigenvalue weighted by Crippen LogP contribution is -2.32. The summed E-state index contributed by atoms with van der Waals surface area (Å²) < 4.78 is 22.9. The van der Waals surface area contributed by atoms with Gasteiger partial charge < -0.3 is 4.74 Å². The Labute approximate surface area is 120 Å². The minimum absolute atomic E-state index is 0.0583. The first kappa shape index (κ1) is 14.4. The molecule has 2 rings (SSSR count). The molecule has 1 aromatic carbocycles. The van der Waals surface area contributed by atoms with E-state index < -0.39 is 11.9 Å². The number of hydrogen-bond acceptors (Lipinski definition) is 5. The number of hydrogen-bond donors (Lipinski definition) is 1. The first-order valence-electron chi connectivity index (χ1n) is 6.12. The molecule has 1 atom stereocenters. The minimum atomic E-state index is -0.781. The third kappa shape index (κ3) is 3.51. The normalized spacial score (nSPS) is 11.9. The van der Waals surface area contributed by atoms with E-state index in [1.165, 1.54) is 12.1 Å². The maximum Gasteiger partial charge on any atom is 0.267 e. The summed E-state index contributed by atoms with van der Waals surface area (Å²) >= 11 is 1.09. The molecule has 0 aliphatic heterocycles. The van der Waals surface area contributed by atoms with E-state index in [0.717, 1.165) is 11.5 Å². The molecular weight excluding hydrogens is 281 g/mol. The summed E-state index contributed by atoms with van der Waals surface area (Å²) in [5.74, 6) is -0.214. The van der Waals surface area contributed by atoms with Crippen LogP contribution in [0.25, 0.3) is 0 Å². The second kappa shape index (κ2) is 6.42. The zero-order chi connectivity index (χ0) is 14.5. The molecule has 1 aromatic heterocycles. The van der Waals surface area contributed by atoms with Gasteiger partial charge in [0, 0.05) is 11.5 Å². The van der Waals surface area contributed by atoms with Crippen LogP contribution in [-0.4, -0.2) is 21.4 Å². The molecule has 20 heavy (non-hydrogen) atoms. The largest absolute Gasteiger partial charge is 0.478 e. The highest BCUT2D eigenvalue weighted by molar-refractivity contribution is 7.09. The lowest BCUT2D eigenvalue weighted by molar-refractivity contribution is -0.122. The molecule has 0 radical (unpaired) electrons. The van der Waals surface area contributed by atoms with Crippen molar-refractivity contribution in [3.05, 3.63) is 35.9 Å². The molecule has 5 nitrogen and oxygen atoms in total. The van der Waals surface area contributed by atoms with Gasteiger partial charge in [0.1, 0.15) is 5.82 Å². The van der Waals surface area contributed by atoms with Crippen molar-refractivity contribution in [2.75, 3.05) is 5.32 Å². The molecule has 0 saturated carbocycles. The van der Waals surface area contributed by atoms with Crippen LogP contribution in [0.1, 0.15) is 19.2 Å². The van der Waals surface area contributed by atoms with Gasteiger partial charge in [-0.15, -0.1) is 0 Å². The number of aromatic nitrogens is 2. The fourth-order valence-corrected chi connectivity index (χ4v) is 2.13. The summed E-state index contributed by atoms with van der Waals surface area (Å²) in [6, 6.07) is 5.98. The Morgan fingerprint density at radius 1 is 1.50 bits per heavy atom. The zero-order valence-corrected chi connectivity index (χ0v) is 11.9. The molecule has 106 valence electrons. The standard InChI is InChI=1S/C13H14FN3O2S/c1-3-10(19-11-7-5-4-6-9(11)14)12(18)16-13-15-8(2)17-20-13/h4-7,10H,3H2,1-2H3,(H,15,16,17,18)/t10-/m0/s1. The third-order valence-electron chi connectivity index (χ3n) is 2.53. The van der Waals surface area contributed by atoms with Gasteiger partial charge in [-0.1, -0.05) is 19.1 Å². The van der Waals surface area contributed by atoms with E-state index in [2.05, 4.69) is 14.7 Å². The molecule has 0 bridgehead atoms. The predicted molar refractivity (Wildman–Crippen MR) is 74.4 cm³/mol. The van der Waals surface area contributed by atoms with Crippen LogP contribution in [0.15, 0.2) is 24.3 Å². The van der Waals surface area contributed by atoms with Gasteiger partial charge in [-0.25, -0.2) is 9.37 Å². The first-order valence-corrected chi connectivity index (χ1v) is 6.90. The highest BCUT2D eigenvalue weighted by atomic mass is 32.1. The van der Waals surface area contributed by atoms with E-state index in [-0.39, 0.29) is 11.7 Å². The zero-order valence-electron chi connectivity index (χ0n) is 11.1. The van der Waals surface area contributed by atoms with Gasteiger partial charge >= 0.3 is 0 Å². The Morgan fingerprint density at radius 2 is 2.25 bits per heavy atom. The summed E-state index contributed by atoms with van der Waals surface area (Å²) in [4.78, 5) is 16.1. The molecule has 1 heterocycles. The van der Waals surface area contributed by atoms with Gasteiger partial charge in [-0.3, -0.25) is 10.1 Å². The molecule has 0 saturated heterocycles. The molecule has 0 fully saturated rings. The van der Waals surface area contributed by atoms with Crippen molar-refractivity contribution < 1.29 is 13.9 Å². The Kier molecular flexibility index (Phi) is 4.62. The quantitative estimate of drug-likeness (QED) is 0.921. The Balaban J connectivity index is 2.04. The van der Waals surface area contributed by atoms with E-state index in [1.807, 2.05) is 0 Å². The maximum absolute atomic E-state index is 13.5. The minimum Gasteiger partial charge on any atom is -0.478 e. The number of para-hydroxylation sites is 1. The van der Waals surface area contributed by atoms with Crippen molar-refractivity contribution in [3.8, 4) is 5.75 Å². The summed E-state index contributed by atoms with van der Waals surface area (Å²) in [5, 5.41) is 3.02. The van der Waals surface area contributed by atoms with E-state index in [4.69, 9.17) is 4.74 Å². The topological polar surface area (TPSA) is 64.1 Å². The Hall–Kier alpha value is -2.02. The predicted octanol–water partition coefficient (Wildman–Crippen LogP) is 2.78. The summed E-state index contributed by atoms with van der Waals surface area (Å²) in [7, 11) is 0.